The molecule has 0 fully saturated rings. The summed E-state index contributed by atoms with van der Waals surface area (Å²) in [7, 11) is 1.76. The number of benzene rings is 2. The van der Waals surface area contributed by atoms with Gasteiger partial charge in [0, 0.05) is 13.6 Å². The maximum absolute atomic E-state index is 11.7. The lowest BCUT2D eigenvalue weighted by atomic mass is 10.2. The monoisotopic (exact) mass is 298 g/mol. The zero-order valence-electron chi connectivity index (χ0n) is 13.0. The summed E-state index contributed by atoms with van der Waals surface area (Å²) < 4.78 is 5.74. The maximum atomic E-state index is 11.7. The fraction of sp³-hybridized carbons (Fsp3) is 0.278. The van der Waals surface area contributed by atoms with Crippen LogP contribution in [0, 0.1) is 0 Å². The molecule has 0 radical (unpaired) electrons. The average molecular weight is 298 g/mol. The van der Waals surface area contributed by atoms with Crippen LogP contribution in [0.5, 0.6) is 5.75 Å². The van der Waals surface area contributed by atoms with Crippen molar-refractivity contribution in [3.63, 3.8) is 0 Å². The Balaban J connectivity index is 1.89. The summed E-state index contributed by atoms with van der Waals surface area (Å²) in [6, 6.07) is 17.3. The first kappa shape index (κ1) is 16.0. The quantitative estimate of drug-likeness (QED) is 0.891. The van der Waals surface area contributed by atoms with E-state index in [0.717, 1.165) is 16.9 Å². The predicted molar refractivity (Wildman–Crippen MR) is 87.3 cm³/mol. The largest absolute Gasteiger partial charge is 0.489 e. The van der Waals surface area contributed by atoms with E-state index in [1.807, 2.05) is 54.6 Å². The van der Waals surface area contributed by atoms with Crippen molar-refractivity contribution >= 4 is 5.91 Å². The van der Waals surface area contributed by atoms with Gasteiger partial charge in [-0.05, 0) is 30.2 Å². The van der Waals surface area contributed by atoms with Crippen molar-refractivity contribution in [2.75, 3.05) is 7.05 Å². The first-order valence-electron chi connectivity index (χ1n) is 7.32. The van der Waals surface area contributed by atoms with Gasteiger partial charge in [-0.3, -0.25) is 4.79 Å². The summed E-state index contributed by atoms with van der Waals surface area (Å²) in [5, 5.41) is 0. The molecular weight excluding hydrogens is 276 g/mol. The molecule has 0 heterocycles. The molecule has 0 bridgehead atoms. The van der Waals surface area contributed by atoms with Gasteiger partial charge in [-0.25, -0.2) is 0 Å². The number of rotatable bonds is 6. The van der Waals surface area contributed by atoms with Crippen molar-refractivity contribution in [1.82, 2.24) is 4.90 Å². The van der Waals surface area contributed by atoms with Crippen LogP contribution in [0.1, 0.15) is 18.1 Å². The van der Waals surface area contributed by atoms with Gasteiger partial charge in [-0.1, -0.05) is 42.5 Å². The number of likely N-dealkylation sites (N-methyl/N-ethyl adjacent to an activating group) is 1. The summed E-state index contributed by atoms with van der Waals surface area (Å²) in [5.74, 6) is 0.748. The Morgan fingerprint density at radius 3 is 2.32 bits per heavy atom. The topological polar surface area (TPSA) is 55.6 Å². The van der Waals surface area contributed by atoms with Crippen LogP contribution < -0.4 is 10.5 Å². The summed E-state index contributed by atoms with van der Waals surface area (Å²) in [4.78, 5) is 13.4. The highest BCUT2D eigenvalue weighted by Crippen LogP contribution is 2.15. The van der Waals surface area contributed by atoms with Crippen LogP contribution in [0.2, 0.25) is 0 Å². The van der Waals surface area contributed by atoms with Gasteiger partial charge in [-0.15, -0.1) is 0 Å². The lowest BCUT2D eigenvalue weighted by molar-refractivity contribution is -0.131. The zero-order chi connectivity index (χ0) is 15.9. The van der Waals surface area contributed by atoms with Crippen LogP contribution in [0.3, 0.4) is 0 Å². The normalized spacial score (nSPS) is 11.8. The van der Waals surface area contributed by atoms with Crippen LogP contribution in [-0.4, -0.2) is 23.9 Å². The Morgan fingerprint density at radius 1 is 1.09 bits per heavy atom. The predicted octanol–water partition coefficient (Wildman–Crippen LogP) is 2.57. The molecule has 2 aromatic rings. The van der Waals surface area contributed by atoms with E-state index >= 15 is 0 Å². The summed E-state index contributed by atoms with van der Waals surface area (Å²) in [6.07, 6.45) is 0. The smallest absolute Gasteiger partial charge is 0.239 e. The SMILES string of the molecule is CC(N)C(=O)N(C)Cc1ccc(OCc2ccccc2)cc1. The molecule has 116 valence electrons. The van der Waals surface area contributed by atoms with Gasteiger partial charge in [0.1, 0.15) is 12.4 Å². The van der Waals surface area contributed by atoms with Gasteiger partial charge in [0.15, 0.2) is 0 Å². The highest BCUT2D eigenvalue weighted by molar-refractivity contribution is 5.80. The van der Waals surface area contributed by atoms with E-state index in [0.29, 0.717) is 13.2 Å². The average Bonchev–Trinajstić information content (AvgIpc) is 2.54. The Labute approximate surface area is 131 Å². The third-order valence-electron chi connectivity index (χ3n) is 3.36. The fourth-order valence-electron chi connectivity index (χ4n) is 2.13. The number of carbonyl (C=O) groups is 1. The summed E-state index contributed by atoms with van der Waals surface area (Å²) >= 11 is 0. The summed E-state index contributed by atoms with van der Waals surface area (Å²) in [6.45, 7) is 2.78. The second kappa shape index (κ2) is 7.61. The number of amides is 1. The maximum Gasteiger partial charge on any atom is 0.239 e. The van der Waals surface area contributed by atoms with Crippen molar-refractivity contribution in [1.29, 1.82) is 0 Å². The zero-order valence-corrected chi connectivity index (χ0v) is 13.0. The minimum absolute atomic E-state index is 0.0654. The molecule has 2 rings (SSSR count). The lowest BCUT2D eigenvalue weighted by Gasteiger charge is -2.19. The van der Waals surface area contributed by atoms with Gasteiger partial charge < -0.3 is 15.4 Å². The van der Waals surface area contributed by atoms with E-state index in [9.17, 15) is 4.79 Å². The Hall–Kier alpha value is -2.33. The Morgan fingerprint density at radius 2 is 1.73 bits per heavy atom. The molecule has 2 aromatic carbocycles. The molecule has 0 aromatic heterocycles. The first-order valence-corrected chi connectivity index (χ1v) is 7.32. The van der Waals surface area contributed by atoms with E-state index in [4.69, 9.17) is 10.5 Å². The van der Waals surface area contributed by atoms with E-state index in [2.05, 4.69) is 0 Å². The van der Waals surface area contributed by atoms with Gasteiger partial charge in [0.25, 0.3) is 0 Å². The van der Waals surface area contributed by atoms with Crippen molar-refractivity contribution < 1.29 is 9.53 Å². The molecular formula is C18H22N2O2. The van der Waals surface area contributed by atoms with Crippen molar-refractivity contribution in [2.24, 2.45) is 5.73 Å². The number of hydrogen-bond donors (Lipinski definition) is 1. The molecule has 1 unspecified atom stereocenters. The molecule has 1 amide bonds. The Kier molecular flexibility index (Phi) is 5.55. The van der Waals surface area contributed by atoms with Gasteiger partial charge in [-0.2, -0.15) is 0 Å². The molecule has 4 heteroatoms. The van der Waals surface area contributed by atoms with E-state index in [1.165, 1.54) is 0 Å². The number of nitrogens with two attached hydrogens (primary N) is 1. The van der Waals surface area contributed by atoms with Crippen molar-refractivity contribution in [3.05, 3.63) is 65.7 Å². The summed E-state index contributed by atoms with van der Waals surface area (Å²) in [5.41, 5.74) is 7.78. The van der Waals surface area contributed by atoms with Crippen molar-refractivity contribution in [3.8, 4) is 5.75 Å². The number of ether oxygens (including phenoxy) is 1. The van der Waals surface area contributed by atoms with Crippen LogP contribution in [0.25, 0.3) is 0 Å². The van der Waals surface area contributed by atoms with Gasteiger partial charge >= 0.3 is 0 Å². The molecule has 4 nitrogen and oxygen atoms in total. The second-order valence-electron chi connectivity index (χ2n) is 5.40. The second-order valence-corrected chi connectivity index (χ2v) is 5.40. The molecule has 0 aliphatic rings. The molecule has 0 saturated carbocycles. The number of carbonyl (C=O) groups excluding carboxylic acids is 1. The van der Waals surface area contributed by atoms with Crippen molar-refractivity contribution in [2.45, 2.75) is 26.1 Å². The minimum Gasteiger partial charge on any atom is -0.489 e. The highest BCUT2D eigenvalue weighted by atomic mass is 16.5. The molecule has 0 saturated heterocycles. The van der Waals surface area contributed by atoms with Crippen LogP contribution in [0.15, 0.2) is 54.6 Å². The molecule has 22 heavy (non-hydrogen) atoms. The third kappa shape index (κ3) is 4.60. The van der Waals surface area contributed by atoms with Crippen LogP contribution in [0.4, 0.5) is 0 Å². The molecule has 0 aliphatic carbocycles. The standard InChI is InChI=1S/C18H22N2O2/c1-14(19)18(21)20(2)12-15-8-10-17(11-9-15)22-13-16-6-4-3-5-7-16/h3-11,14H,12-13,19H2,1-2H3. The molecule has 0 spiro atoms. The van der Waals surface area contributed by atoms with Gasteiger partial charge in [0.05, 0.1) is 6.04 Å². The highest BCUT2D eigenvalue weighted by Gasteiger charge is 2.13. The fourth-order valence-corrected chi connectivity index (χ4v) is 2.13. The number of hydrogen-bond acceptors (Lipinski definition) is 3. The lowest BCUT2D eigenvalue weighted by Crippen LogP contribution is -2.39. The molecule has 1 atom stereocenters. The first-order chi connectivity index (χ1) is 10.6. The molecule has 2 N–H and O–H groups in total. The van der Waals surface area contributed by atoms with E-state index < -0.39 is 6.04 Å². The van der Waals surface area contributed by atoms with E-state index in [1.54, 1.807) is 18.9 Å². The Bertz CT molecular complexity index is 594. The molecule has 0 aliphatic heterocycles. The van der Waals surface area contributed by atoms with Gasteiger partial charge in [0.2, 0.25) is 5.91 Å². The van der Waals surface area contributed by atoms with E-state index in [-0.39, 0.29) is 5.91 Å². The van der Waals surface area contributed by atoms with Crippen LogP contribution in [-0.2, 0) is 17.9 Å². The van der Waals surface area contributed by atoms with Crippen LogP contribution >= 0.6 is 0 Å². The third-order valence-corrected chi connectivity index (χ3v) is 3.36. The number of nitrogens with zero attached hydrogens (tertiary/aromatic N) is 1. The minimum atomic E-state index is -0.474.